The SMILES string of the molecule is C1CCCNCC1.CC#CCOOOO.Cc1nc2ccccc2n1-c1ccc(C(=O)N2CC[C@@H](OS(C)(=O)=O)C2)cc1.Cc1nc2ccccc2n1-c1ccc(C(=O)N2CC[C@H](N3CCCCCC3)C2)cc1. The van der Waals surface area contributed by atoms with Gasteiger partial charge in [-0.2, -0.15) is 13.3 Å². The van der Waals surface area contributed by atoms with Crippen LogP contribution in [0.15, 0.2) is 97.1 Å². The van der Waals surface area contributed by atoms with Gasteiger partial charge in [-0.05, 0) is 168 Å². The van der Waals surface area contributed by atoms with Crippen LogP contribution in [0, 0.1) is 25.7 Å². The monoisotopic (exact) mass is 1020 g/mol. The number of likely N-dealkylation sites (tertiary alicyclic amines) is 3. The molecule has 6 aromatic rings. The van der Waals surface area contributed by atoms with Crippen LogP contribution in [0.1, 0.15) is 103 Å². The first-order valence-corrected chi connectivity index (χ1v) is 27.3. The number of benzene rings is 4. The Kier molecular flexibility index (Phi) is 20.5. The predicted molar refractivity (Wildman–Crippen MR) is 282 cm³/mol. The lowest BCUT2D eigenvalue weighted by atomic mass is 10.1. The lowest BCUT2D eigenvalue weighted by molar-refractivity contribution is -0.620. The van der Waals surface area contributed by atoms with Gasteiger partial charge < -0.3 is 15.1 Å². The normalized spacial score (nSPS) is 18.3. The van der Waals surface area contributed by atoms with Crippen LogP contribution >= 0.6 is 0 Å². The minimum atomic E-state index is -3.52. The smallest absolute Gasteiger partial charge is 0.264 e. The van der Waals surface area contributed by atoms with Gasteiger partial charge >= 0.3 is 0 Å². The predicted octanol–water partition coefficient (Wildman–Crippen LogP) is 8.46. The summed E-state index contributed by atoms with van der Waals surface area (Å²) in [6.07, 6.45) is 13.1. The van der Waals surface area contributed by atoms with Crippen LogP contribution in [-0.2, 0) is 29.3 Å². The molecule has 2 aromatic heterocycles. The van der Waals surface area contributed by atoms with Crippen LogP contribution < -0.4 is 5.32 Å². The van der Waals surface area contributed by atoms with E-state index >= 15 is 0 Å². The summed E-state index contributed by atoms with van der Waals surface area (Å²) in [5.74, 6) is 6.89. The molecule has 2 atom stereocenters. The molecular weight excluding hydrogens is 949 g/mol. The lowest BCUT2D eigenvalue weighted by Crippen LogP contribution is -2.39. The van der Waals surface area contributed by atoms with Crippen molar-refractivity contribution in [3.05, 3.63) is 120 Å². The number of aromatic nitrogens is 4. The van der Waals surface area contributed by atoms with Gasteiger partial charge in [0, 0.05) is 54.7 Å². The summed E-state index contributed by atoms with van der Waals surface area (Å²) in [6, 6.07) is 32.0. The molecule has 0 unspecified atom stereocenters. The minimum absolute atomic E-state index is 0.0804. The Morgan fingerprint density at radius 1 is 0.671 bits per heavy atom. The first kappa shape index (κ1) is 54.8. The van der Waals surface area contributed by atoms with Crippen molar-refractivity contribution in [2.45, 2.75) is 97.1 Å². The zero-order valence-electron chi connectivity index (χ0n) is 42.6. The molecule has 10 rings (SSSR count). The standard InChI is InChI=1S/C25H30N4O.C20H21N3O4S.C6H13N.C4H6O4/c1-19-26-23-8-4-5-9-24(23)29(19)21-12-10-20(11-13-21)25(30)28-17-14-22(18-28)27-15-6-2-3-7-16-27;1-14-21-18-5-3-4-6-19(18)23(14)16-9-7-15(8-10-16)20(24)22-12-11-17(13-22)27-28(2,25)26;1-2-4-6-7-5-3-1;1-2-3-4-6-8-7-5/h4-5,8-13,22H,2-3,6-7,14-18H2,1H3;3-10,17H,11-13H2,1-2H3;7H,1-6H2;5H,4H2,1H3/t22-;17-;;/m01../s1. The van der Waals surface area contributed by atoms with E-state index in [1.807, 2.05) is 97.6 Å². The third-order valence-electron chi connectivity index (χ3n) is 13.4. The Morgan fingerprint density at radius 2 is 1.16 bits per heavy atom. The Hall–Kier alpha value is -6.01. The fourth-order valence-electron chi connectivity index (χ4n) is 9.86. The second-order valence-corrected chi connectivity index (χ2v) is 20.3. The molecule has 73 heavy (non-hydrogen) atoms. The molecular formula is C55H70N8O9S. The van der Waals surface area contributed by atoms with Crippen molar-refractivity contribution in [1.29, 1.82) is 0 Å². The third kappa shape index (κ3) is 15.5. The molecule has 0 bridgehead atoms. The molecule has 2 N–H and O–H groups in total. The molecule has 4 fully saturated rings. The van der Waals surface area contributed by atoms with Crippen LogP contribution in [0.4, 0.5) is 0 Å². The largest absolute Gasteiger partial charge is 0.337 e. The molecule has 18 heteroatoms. The Balaban J connectivity index is 0.000000167. The number of hydrogen-bond acceptors (Lipinski definition) is 13. The van der Waals surface area contributed by atoms with Crippen molar-refractivity contribution in [1.82, 2.24) is 39.1 Å². The summed E-state index contributed by atoms with van der Waals surface area (Å²) in [6.45, 7) is 13.1. The van der Waals surface area contributed by atoms with Gasteiger partial charge in [0.1, 0.15) is 18.3 Å². The second-order valence-electron chi connectivity index (χ2n) is 18.7. The molecule has 2 amide bonds. The highest BCUT2D eigenvalue weighted by atomic mass is 32.2. The van der Waals surface area contributed by atoms with E-state index in [0.717, 1.165) is 76.4 Å². The van der Waals surface area contributed by atoms with E-state index in [2.05, 4.69) is 62.2 Å². The Labute approximate surface area is 429 Å². The average molecular weight is 1020 g/mol. The first-order chi connectivity index (χ1) is 35.4. The highest BCUT2D eigenvalue weighted by Gasteiger charge is 2.32. The van der Waals surface area contributed by atoms with Gasteiger partial charge in [0.2, 0.25) is 0 Å². The van der Waals surface area contributed by atoms with Crippen LogP contribution in [0.25, 0.3) is 33.4 Å². The third-order valence-corrected chi connectivity index (χ3v) is 14.0. The maximum atomic E-state index is 13.1. The van der Waals surface area contributed by atoms with Crippen LogP contribution in [0.3, 0.4) is 0 Å². The number of carbonyl (C=O) groups is 2. The molecule has 390 valence electrons. The number of rotatable bonds is 10. The molecule has 0 aliphatic carbocycles. The van der Waals surface area contributed by atoms with E-state index in [1.165, 1.54) is 77.5 Å². The number of carbonyl (C=O) groups excluding carboxylic acids is 2. The minimum Gasteiger partial charge on any atom is -0.337 e. The topological polar surface area (TPSA) is 183 Å². The Morgan fingerprint density at radius 3 is 1.67 bits per heavy atom. The lowest BCUT2D eigenvalue weighted by Gasteiger charge is -2.27. The van der Waals surface area contributed by atoms with Gasteiger partial charge in [-0.1, -0.05) is 55.9 Å². The highest BCUT2D eigenvalue weighted by molar-refractivity contribution is 7.86. The van der Waals surface area contributed by atoms with Gasteiger partial charge in [-0.15, -0.1) is 5.92 Å². The van der Waals surface area contributed by atoms with Crippen molar-refractivity contribution in [2.24, 2.45) is 0 Å². The van der Waals surface area contributed by atoms with E-state index < -0.39 is 16.2 Å². The number of para-hydroxylation sites is 4. The van der Waals surface area contributed by atoms with Crippen molar-refractivity contribution in [2.75, 3.05) is 65.2 Å². The van der Waals surface area contributed by atoms with Gasteiger partial charge in [-0.3, -0.25) is 27.8 Å². The molecule has 6 heterocycles. The van der Waals surface area contributed by atoms with E-state index in [-0.39, 0.29) is 25.0 Å². The quantitative estimate of drug-likeness (QED) is 0.0439. The summed E-state index contributed by atoms with van der Waals surface area (Å²) < 4.78 is 31.7. The maximum Gasteiger partial charge on any atom is 0.264 e. The number of hydrogen-bond donors (Lipinski definition) is 2. The molecule has 0 radical (unpaired) electrons. The molecule has 4 aromatic carbocycles. The van der Waals surface area contributed by atoms with Crippen molar-refractivity contribution in [3.63, 3.8) is 0 Å². The molecule has 17 nitrogen and oxygen atoms in total. The zero-order valence-corrected chi connectivity index (χ0v) is 43.4. The fourth-order valence-corrected chi connectivity index (χ4v) is 10.5. The van der Waals surface area contributed by atoms with Crippen LogP contribution in [-0.4, -0.2) is 137 Å². The van der Waals surface area contributed by atoms with Crippen molar-refractivity contribution in [3.8, 4) is 23.2 Å². The number of nitrogens with zero attached hydrogens (tertiary/aromatic N) is 7. The van der Waals surface area contributed by atoms with Crippen LogP contribution in [0.2, 0.25) is 0 Å². The average Bonchev–Trinajstić information content (AvgIpc) is 4.10. The Bertz CT molecular complexity index is 2870. The molecule has 4 aliphatic rings. The molecule has 4 saturated heterocycles. The number of fused-ring (bicyclic) bond motifs is 2. The number of imidazole rings is 2. The zero-order chi connectivity index (χ0) is 51.6. The summed E-state index contributed by atoms with van der Waals surface area (Å²) in [5, 5.41) is 17.5. The summed E-state index contributed by atoms with van der Waals surface area (Å²) >= 11 is 0. The summed E-state index contributed by atoms with van der Waals surface area (Å²) in [7, 11) is -3.52. The summed E-state index contributed by atoms with van der Waals surface area (Å²) in [4.78, 5) is 45.4. The number of amides is 2. The molecule has 0 spiro atoms. The first-order valence-electron chi connectivity index (χ1n) is 25.4. The molecule has 0 saturated carbocycles. The number of aryl methyl sites for hydroxylation is 2. The molecule has 4 aliphatic heterocycles. The van der Waals surface area contributed by atoms with E-state index in [9.17, 15) is 18.0 Å². The van der Waals surface area contributed by atoms with Crippen molar-refractivity contribution >= 4 is 44.0 Å². The van der Waals surface area contributed by atoms with Gasteiger partial charge in [-0.25, -0.2) is 15.2 Å². The fraction of sp³-hybridized carbons (Fsp3) is 0.455. The maximum absolute atomic E-state index is 13.1. The van der Waals surface area contributed by atoms with Crippen LogP contribution in [0.5, 0.6) is 0 Å². The van der Waals surface area contributed by atoms with Gasteiger partial charge in [0.15, 0.2) is 0 Å². The van der Waals surface area contributed by atoms with Crippen molar-refractivity contribution < 1.29 is 42.4 Å². The highest BCUT2D eigenvalue weighted by Crippen LogP contribution is 2.26. The van der Waals surface area contributed by atoms with E-state index in [0.29, 0.717) is 24.6 Å². The number of nitrogens with one attached hydrogen (secondary N) is 1. The second kappa shape index (κ2) is 27.3. The van der Waals surface area contributed by atoms with Gasteiger partial charge in [0.05, 0.1) is 34.4 Å². The van der Waals surface area contributed by atoms with E-state index in [4.69, 9.17) is 9.44 Å². The van der Waals surface area contributed by atoms with Gasteiger partial charge in [0.25, 0.3) is 21.9 Å². The summed E-state index contributed by atoms with van der Waals surface area (Å²) in [5.41, 5.74) is 7.33. The van der Waals surface area contributed by atoms with E-state index in [1.54, 1.807) is 24.0 Å².